The van der Waals surface area contributed by atoms with Crippen LogP contribution >= 0.6 is 23.4 Å². The van der Waals surface area contributed by atoms with Crippen molar-refractivity contribution in [3.05, 3.63) is 22.7 Å². The molecule has 0 aromatic heterocycles. The predicted octanol–water partition coefficient (Wildman–Crippen LogP) is 2.83. The lowest BCUT2D eigenvalue weighted by molar-refractivity contribution is -0.143. The maximum Gasteiger partial charge on any atom is 0.330 e. The van der Waals surface area contributed by atoms with E-state index in [1.807, 2.05) is 6.92 Å². The van der Waals surface area contributed by atoms with Crippen molar-refractivity contribution in [3.63, 3.8) is 0 Å². The van der Waals surface area contributed by atoms with Gasteiger partial charge in [0.2, 0.25) is 0 Å². The van der Waals surface area contributed by atoms with Crippen LogP contribution in [0.1, 0.15) is 30.1 Å². The fraction of sp³-hybridized carbons (Fsp3) is 0.500. The minimum atomic E-state index is -1.24. The molecule has 132 valence electrons. The van der Waals surface area contributed by atoms with Crippen molar-refractivity contribution in [2.24, 2.45) is 0 Å². The Bertz CT molecular complexity index is 631. The van der Waals surface area contributed by atoms with Crippen LogP contribution in [0.15, 0.2) is 12.1 Å². The molecule has 1 amide bonds. The summed E-state index contributed by atoms with van der Waals surface area (Å²) >= 11 is 7.70. The lowest BCUT2D eigenvalue weighted by Crippen LogP contribution is -2.54. The zero-order valence-corrected chi connectivity index (χ0v) is 15.1. The quantitative estimate of drug-likeness (QED) is 0.764. The van der Waals surface area contributed by atoms with Gasteiger partial charge in [0.15, 0.2) is 11.5 Å². The number of amides is 1. The Hall–Kier alpha value is -1.60. The number of benzene rings is 1. The molecule has 1 aliphatic heterocycles. The van der Waals surface area contributed by atoms with E-state index in [0.29, 0.717) is 36.0 Å². The van der Waals surface area contributed by atoms with Crippen LogP contribution in [0.2, 0.25) is 5.02 Å². The molecule has 1 heterocycles. The van der Waals surface area contributed by atoms with Gasteiger partial charge in [-0.1, -0.05) is 18.5 Å². The summed E-state index contributed by atoms with van der Waals surface area (Å²) in [4.78, 5) is 24.1. The van der Waals surface area contributed by atoms with Gasteiger partial charge in [-0.2, -0.15) is 11.8 Å². The number of aliphatic carboxylic acids is 1. The SMILES string of the molecule is CCCOc1c(Cl)cc(C(=O)NC2(C(=O)O)CCSC2)cc1OC. The number of carboxylic acid groups (broad SMARTS) is 1. The number of hydrogen-bond acceptors (Lipinski definition) is 5. The Balaban J connectivity index is 2.26. The van der Waals surface area contributed by atoms with Gasteiger partial charge in [-0.25, -0.2) is 4.79 Å². The molecule has 0 aliphatic carbocycles. The van der Waals surface area contributed by atoms with Gasteiger partial charge in [-0.15, -0.1) is 0 Å². The smallest absolute Gasteiger partial charge is 0.330 e. The highest BCUT2D eigenvalue weighted by atomic mass is 35.5. The Morgan fingerprint density at radius 3 is 2.75 bits per heavy atom. The van der Waals surface area contributed by atoms with E-state index in [-0.39, 0.29) is 10.6 Å². The van der Waals surface area contributed by atoms with Crippen molar-refractivity contribution in [1.29, 1.82) is 0 Å². The van der Waals surface area contributed by atoms with Gasteiger partial charge in [0, 0.05) is 11.3 Å². The number of thioether (sulfide) groups is 1. The number of rotatable bonds is 7. The Labute approximate surface area is 149 Å². The average molecular weight is 374 g/mol. The number of carbonyl (C=O) groups is 2. The molecular formula is C16H20ClNO5S. The van der Waals surface area contributed by atoms with Gasteiger partial charge in [0.05, 0.1) is 18.7 Å². The van der Waals surface area contributed by atoms with Crippen LogP contribution in [0, 0.1) is 0 Å². The zero-order chi connectivity index (χ0) is 17.7. The molecule has 1 atom stereocenters. The molecule has 24 heavy (non-hydrogen) atoms. The van der Waals surface area contributed by atoms with Crippen LogP contribution in [0.25, 0.3) is 0 Å². The molecule has 2 rings (SSSR count). The molecule has 0 saturated carbocycles. The van der Waals surface area contributed by atoms with Crippen LogP contribution in [0.5, 0.6) is 11.5 Å². The van der Waals surface area contributed by atoms with Crippen LogP contribution in [-0.4, -0.2) is 47.7 Å². The number of nitrogens with one attached hydrogen (secondary N) is 1. The Morgan fingerprint density at radius 2 is 2.21 bits per heavy atom. The lowest BCUT2D eigenvalue weighted by Gasteiger charge is -2.25. The van der Waals surface area contributed by atoms with E-state index < -0.39 is 17.4 Å². The standard InChI is InChI=1S/C16H20ClNO5S/c1-3-5-23-13-11(17)7-10(8-12(13)22-2)14(19)18-16(15(20)21)4-6-24-9-16/h7-8H,3-6,9H2,1-2H3,(H,18,19)(H,20,21). The zero-order valence-electron chi connectivity index (χ0n) is 13.6. The van der Waals surface area contributed by atoms with Crippen molar-refractivity contribution in [2.75, 3.05) is 25.2 Å². The molecule has 1 unspecified atom stereocenters. The molecule has 0 spiro atoms. The van der Waals surface area contributed by atoms with Crippen molar-refractivity contribution in [3.8, 4) is 11.5 Å². The molecule has 8 heteroatoms. The number of ether oxygens (including phenoxy) is 2. The molecular weight excluding hydrogens is 354 g/mol. The van der Waals surface area contributed by atoms with Crippen molar-refractivity contribution >= 4 is 35.2 Å². The van der Waals surface area contributed by atoms with Crippen LogP contribution in [0.4, 0.5) is 0 Å². The third kappa shape index (κ3) is 3.89. The van der Waals surface area contributed by atoms with Gasteiger partial charge in [-0.3, -0.25) is 4.79 Å². The molecule has 1 aromatic carbocycles. The van der Waals surface area contributed by atoms with Gasteiger partial charge in [-0.05, 0) is 30.7 Å². The first-order valence-electron chi connectivity index (χ1n) is 7.57. The highest BCUT2D eigenvalue weighted by molar-refractivity contribution is 7.99. The summed E-state index contributed by atoms with van der Waals surface area (Å²) in [7, 11) is 1.46. The predicted molar refractivity (Wildman–Crippen MR) is 93.6 cm³/mol. The second-order valence-electron chi connectivity index (χ2n) is 5.48. The van der Waals surface area contributed by atoms with Gasteiger partial charge in [0.1, 0.15) is 5.54 Å². The second-order valence-corrected chi connectivity index (χ2v) is 6.99. The normalized spacial score (nSPS) is 19.8. The van der Waals surface area contributed by atoms with Crippen LogP contribution < -0.4 is 14.8 Å². The Kier molecular flexibility index (Phi) is 6.23. The maximum atomic E-state index is 12.5. The first-order valence-corrected chi connectivity index (χ1v) is 9.10. The molecule has 1 aromatic rings. The maximum absolute atomic E-state index is 12.5. The third-order valence-corrected chi connectivity index (χ3v) is 5.20. The minimum absolute atomic E-state index is 0.234. The van der Waals surface area contributed by atoms with Crippen molar-refractivity contribution < 1.29 is 24.2 Å². The summed E-state index contributed by atoms with van der Waals surface area (Å²) in [5, 5.41) is 12.3. The van der Waals surface area contributed by atoms with Crippen LogP contribution in [0.3, 0.4) is 0 Å². The molecule has 1 fully saturated rings. The number of hydrogen-bond donors (Lipinski definition) is 2. The van der Waals surface area contributed by atoms with Crippen molar-refractivity contribution in [1.82, 2.24) is 5.32 Å². The summed E-state index contributed by atoms with van der Waals surface area (Å²) < 4.78 is 10.8. The average Bonchev–Trinajstić information content (AvgIpc) is 3.02. The van der Waals surface area contributed by atoms with Gasteiger partial charge >= 0.3 is 5.97 Å². The van der Waals surface area contributed by atoms with Gasteiger partial charge in [0.25, 0.3) is 5.91 Å². The first kappa shape index (κ1) is 18.7. The summed E-state index contributed by atoms with van der Waals surface area (Å²) in [6.45, 7) is 2.44. The highest BCUT2D eigenvalue weighted by Crippen LogP contribution is 2.37. The van der Waals surface area contributed by atoms with Gasteiger partial charge < -0.3 is 19.9 Å². The first-order chi connectivity index (χ1) is 11.4. The third-order valence-electron chi connectivity index (χ3n) is 3.73. The monoisotopic (exact) mass is 373 g/mol. The minimum Gasteiger partial charge on any atom is -0.493 e. The molecule has 1 saturated heterocycles. The number of methoxy groups -OCH3 is 1. The topological polar surface area (TPSA) is 84.9 Å². The largest absolute Gasteiger partial charge is 0.493 e. The van der Waals surface area contributed by atoms with E-state index in [2.05, 4.69) is 5.32 Å². The molecule has 2 N–H and O–H groups in total. The summed E-state index contributed by atoms with van der Waals surface area (Å²) in [5.41, 5.74) is -1.00. The number of carbonyl (C=O) groups excluding carboxylic acids is 1. The lowest BCUT2D eigenvalue weighted by atomic mass is 9.98. The van der Waals surface area contributed by atoms with E-state index in [9.17, 15) is 14.7 Å². The van der Waals surface area contributed by atoms with E-state index in [1.165, 1.54) is 31.0 Å². The summed E-state index contributed by atoms with van der Waals surface area (Å²) in [6, 6.07) is 2.96. The Morgan fingerprint density at radius 1 is 1.46 bits per heavy atom. The molecule has 0 radical (unpaired) electrons. The second kappa shape index (κ2) is 7.98. The highest BCUT2D eigenvalue weighted by Gasteiger charge is 2.43. The summed E-state index contributed by atoms with van der Waals surface area (Å²) in [5.74, 6) is 0.231. The van der Waals surface area contributed by atoms with Crippen molar-refractivity contribution in [2.45, 2.75) is 25.3 Å². The molecule has 0 bridgehead atoms. The summed E-state index contributed by atoms with van der Waals surface area (Å²) in [6.07, 6.45) is 1.20. The fourth-order valence-electron chi connectivity index (χ4n) is 2.37. The molecule has 1 aliphatic rings. The number of carboxylic acids is 1. The van der Waals surface area contributed by atoms with E-state index in [0.717, 1.165) is 6.42 Å². The van der Waals surface area contributed by atoms with E-state index in [1.54, 1.807) is 0 Å². The molecule has 6 nitrogen and oxygen atoms in total. The van der Waals surface area contributed by atoms with E-state index >= 15 is 0 Å². The fourth-order valence-corrected chi connectivity index (χ4v) is 3.96. The van der Waals surface area contributed by atoms with Crippen LogP contribution in [-0.2, 0) is 4.79 Å². The number of halogens is 1. The van der Waals surface area contributed by atoms with E-state index in [4.69, 9.17) is 21.1 Å².